The van der Waals surface area contributed by atoms with Gasteiger partial charge in [-0.15, -0.1) is 0 Å². The highest BCUT2D eigenvalue weighted by Crippen LogP contribution is 2.34. The van der Waals surface area contributed by atoms with E-state index in [0.717, 1.165) is 66.3 Å². The fourth-order valence-electron chi connectivity index (χ4n) is 4.75. The van der Waals surface area contributed by atoms with Gasteiger partial charge < -0.3 is 9.80 Å². The molecule has 1 aliphatic rings. The van der Waals surface area contributed by atoms with Gasteiger partial charge in [0.15, 0.2) is 5.65 Å². The standard InChI is InChI=1S/C25H24FN5/c1-3-20-17(2)21(16-27)24-28-22-6-4-5-7-23(22)31(24)25(20)30-14-12-29(13-15-30)19-10-8-18(26)9-11-19/h4-11H,3,12-15H2,1-2H3. The highest BCUT2D eigenvalue weighted by molar-refractivity contribution is 5.86. The summed E-state index contributed by atoms with van der Waals surface area (Å²) in [6.45, 7) is 7.57. The third-order valence-corrected chi connectivity index (χ3v) is 6.33. The number of aromatic nitrogens is 2. The molecule has 0 bridgehead atoms. The zero-order valence-electron chi connectivity index (χ0n) is 17.8. The smallest absolute Gasteiger partial charge is 0.157 e. The third kappa shape index (κ3) is 3.09. The average molecular weight is 414 g/mol. The van der Waals surface area contributed by atoms with Crippen LogP contribution in [0.3, 0.4) is 0 Å². The summed E-state index contributed by atoms with van der Waals surface area (Å²) in [6, 6.07) is 17.2. The molecule has 31 heavy (non-hydrogen) atoms. The van der Waals surface area contributed by atoms with Gasteiger partial charge in [-0.1, -0.05) is 19.1 Å². The fraction of sp³-hybridized carbons (Fsp3) is 0.280. The van der Waals surface area contributed by atoms with E-state index < -0.39 is 0 Å². The molecular formula is C25H24FN5. The normalized spacial score (nSPS) is 14.4. The van der Waals surface area contributed by atoms with E-state index in [9.17, 15) is 9.65 Å². The number of piperazine rings is 1. The van der Waals surface area contributed by atoms with Crippen LogP contribution in [-0.4, -0.2) is 35.6 Å². The van der Waals surface area contributed by atoms with Crippen LogP contribution in [0.1, 0.15) is 23.6 Å². The lowest BCUT2D eigenvalue weighted by atomic mass is 10.0. The molecule has 5 rings (SSSR count). The Morgan fingerprint density at radius 3 is 2.35 bits per heavy atom. The molecule has 2 aromatic heterocycles. The summed E-state index contributed by atoms with van der Waals surface area (Å²) in [5, 5.41) is 9.89. The van der Waals surface area contributed by atoms with Crippen LogP contribution in [0.5, 0.6) is 0 Å². The zero-order valence-corrected chi connectivity index (χ0v) is 17.8. The van der Waals surface area contributed by atoms with Gasteiger partial charge in [0.25, 0.3) is 0 Å². The van der Waals surface area contributed by atoms with Crippen LogP contribution in [0.25, 0.3) is 16.7 Å². The number of nitrogens with zero attached hydrogens (tertiary/aromatic N) is 5. The Labute approximate surface area is 180 Å². The lowest BCUT2D eigenvalue weighted by molar-refractivity contribution is 0.623. The van der Waals surface area contributed by atoms with Gasteiger partial charge in [-0.3, -0.25) is 4.40 Å². The molecule has 1 fully saturated rings. The first-order valence-corrected chi connectivity index (χ1v) is 10.7. The molecule has 0 amide bonds. The first-order chi connectivity index (χ1) is 15.1. The number of hydrogen-bond donors (Lipinski definition) is 0. The van der Waals surface area contributed by atoms with Gasteiger partial charge in [0.05, 0.1) is 16.6 Å². The number of benzene rings is 2. The van der Waals surface area contributed by atoms with Gasteiger partial charge in [0, 0.05) is 31.9 Å². The monoisotopic (exact) mass is 413 g/mol. The average Bonchev–Trinajstić information content (AvgIpc) is 3.18. The van der Waals surface area contributed by atoms with Crippen LogP contribution >= 0.6 is 0 Å². The van der Waals surface area contributed by atoms with Crippen LogP contribution < -0.4 is 9.80 Å². The van der Waals surface area contributed by atoms with Crippen molar-refractivity contribution in [3.8, 4) is 6.07 Å². The van der Waals surface area contributed by atoms with Crippen LogP contribution in [-0.2, 0) is 6.42 Å². The number of fused-ring (bicyclic) bond motifs is 3. The predicted octanol–water partition coefficient (Wildman–Crippen LogP) is 4.70. The van der Waals surface area contributed by atoms with E-state index in [-0.39, 0.29) is 5.82 Å². The molecule has 6 heteroatoms. The molecule has 4 aromatic rings. The number of pyridine rings is 1. The minimum absolute atomic E-state index is 0.211. The minimum atomic E-state index is -0.211. The Balaban J connectivity index is 1.61. The first-order valence-electron chi connectivity index (χ1n) is 10.7. The molecule has 0 aliphatic carbocycles. The van der Waals surface area contributed by atoms with Crippen molar-refractivity contribution in [1.82, 2.24) is 9.38 Å². The highest BCUT2D eigenvalue weighted by atomic mass is 19.1. The summed E-state index contributed by atoms with van der Waals surface area (Å²) in [7, 11) is 0. The molecular weight excluding hydrogens is 389 g/mol. The molecule has 0 N–H and O–H groups in total. The second-order valence-electron chi connectivity index (χ2n) is 7.98. The summed E-state index contributed by atoms with van der Waals surface area (Å²) >= 11 is 0. The van der Waals surface area contributed by atoms with E-state index in [1.807, 2.05) is 37.3 Å². The van der Waals surface area contributed by atoms with Crippen molar-refractivity contribution in [1.29, 1.82) is 5.26 Å². The Morgan fingerprint density at radius 1 is 1.00 bits per heavy atom. The van der Waals surface area contributed by atoms with E-state index in [2.05, 4.69) is 33.3 Å². The van der Waals surface area contributed by atoms with Crippen molar-refractivity contribution in [2.75, 3.05) is 36.0 Å². The summed E-state index contributed by atoms with van der Waals surface area (Å²) in [4.78, 5) is 9.52. The van der Waals surface area contributed by atoms with Gasteiger partial charge in [-0.05, 0) is 60.9 Å². The van der Waals surface area contributed by atoms with E-state index in [0.29, 0.717) is 5.56 Å². The molecule has 0 atom stereocenters. The Morgan fingerprint density at radius 2 is 1.68 bits per heavy atom. The van der Waals surface area contributed by atoms with E-state index in [1.54, 1.807) is 0 Å². The number of rotatable bonds is 3. The molecule has 0 radical (unpaired) electrons. The topological polar surface area (TPSA) is 47.6 Å². The van der Waals surface area contributed by atoms with Gasteiger partial charge in [0.2, 0.25) is 0 Å². The lowest BCUT2D eigenvalue weighted by Crippen LogP contribution is -2.47. The SMILES string of the molecule is CCc1c(C)c(C#N)c2nc3ccccc3n2c1N1CCN(c2ccc(F)cc2)CC1. The van der Waals surface area contributed by atoms with E-state index in [4.69, 9.17) is 4.98 Å². The number of anilines is 2. The fourth-order valence-corrected chi connectivity index (χ4v) is 4.75. The second kappa shape index (κ2) is 7.59. The van der Waals surface area contributed by atoms with E-state index >= 15 is 0 Å². The Bertz CT molecular complexity index is 1310. The largest absolute Gasteiger partial charge is 0.368 e. The number of hydrogen-bond acceptors (Lipinski definition) is 4. The lowest BCUT2D eigenvalue weighted by Gasteiger charge is -2.38. The van der Waals surface area contributed by atoms with Crippen LogP contribution in [0.2, 0.25) is 0 Å². The molecule has 0 spiro atoms. The van der Waals surface area contributed by atoms with Crippen LogP contribution in [0, 0.1) is 24.1 Å². The quantitative estimate of drug-likeness (QED) is 0.489. The van der Waals surface area contributed by atoms with Crippen molar-refractivity contribution in [3.63, 3.8) is 0 Å². The Hall–Kier alpha value is -3.59. The third-order valence-electron chi connectivity index (χ3n) is 6.33. The maximum atomic E-state index is 13.3. The molecule has 156 valence electrons. The van der Waals surface area contributed by atoms with Gasteiger partial charge >= 0.3 is 0 Å². The Kier molecular flexibility index (Phi) is 4.74. The molecule has 1 saturated heterocycles. The molecule has 0 saturated carbocycles. The van der Waals surface area contributed by atoms with E-state index in [1.165, 1.54) is 17.7 Å². The van der Waals surface area contributed by atoms with Crippen molar-refractivity contribution in [2.24, 2.45) is 0 Å². The highest BCUT2D eigenvalue weighted by Gasteiger charge is 2.26. The number of para-hydroxylation sites is 2. The van der Waals surface area contributed by atoms with Gasteiger partial charge in [-0.25, -0.2) is 9.37 Å². The van der Waals surface area contributed by atoms with Gasteiger partial charge in [-0.2, -0.15) is 5.26 Å². The summed E-state index contributed by atoms with van der Waals surface area (Å²) < 4.78 is 15.5. The van der Waals surface area contributed by atoms with Crippen molar-refractivity contribution in [2.45, 2.75) is 20.3 Å². The minimum Gasteiger partial charge on any atom is -0.368 e. The molecule has 3 heterocycles. The second-order valence-corrected chi connectivity index (χ2v) is 7.98. The van der Waals surface area contributed by atoms with Crippen molar-refractivity contribution < 1.29 is 4.39 Å². The molecule has 0 unspecified atom stereocenters. The van der Waals surface area contributed by atoms with Crippen LogP contribution in [0.4, 0.5) is 15.9 Å². The summed E-state index contributed by atoms with van der Waals surface area (Å²) in [6.07, 6.45) is 0.844. The zero-order chi connectivity index (χ0) is 21.5. The molecule has 5 nitrogen and oxygen atoms in total. The summed E-state index contributed by atoms with van der Waals surface area (Å²) in [5.74, 6) is 0.930. The molecule has 2 aromatic carbocycles. The van der Waals surface area contributed by atoms with Crippen molar-refractivity contribution in [3.05, 3.63) is 71.0 Å². The number of imidazole rings is 1. The predicted molar refractivity (Wildman–Crippen MR) is 122 cm³/mol. The van der Waals surface area contributed by atoms with Crippen LogP contribution in [0.15, 0.2) is 48.5 Å². The number of nitriles is 1. The van der Waals surface area contributed by atoms with Gasteiger partial charge in [0.1, 0.15) is 17.7 Å². The summed E-state index contributed by atoms with van der Waals surface area (Å²) in [5.41, 5.74) is 6.57. The number of halogens is 1. The maximum Gasteiger partial charge on any atom is 0.157 e. The molecule has 1 aliphatic heterocycles. The first kappa shape index (κ1) is 19.4. The maximum absolute atomic E-state index is 13.3. The van der Waals surface area contributed by atoms with Crippen molar-refractivity contribution >= 4 is 28.2 Å².